The molecule has 1 aromatic heterocycles. The molecule has 1 heterocycles. The summed E-state index contributed by atoms with van der Waals surface area (Å²) < 4.78 is 37.8. The predicted molar refractivity (Wildman–Crippen MR) is 98.9 cm³/mol. The molecule has 134 valence electrons. The number of rotatable bonds is 5. The number of benzene rings is 2. The molecule has 5 nitrogen and oxygen atoms in total. The third-order valence-corrected chi connectivity index (χ3v) is 5.51. The highest BCUT2D eigenvalue weighted by atomic mass is 32.2. The van der Waals surface area contributed by atoms with Crippen LogP contribution in [0.15, 0.2) is 54.6 Å². The van der Waals surface area contributed by atoms with Gasteiger partial charge < -0.3 is 9.66 Å². The van der Waals surface area contributed by atoms with Crippen LogP contribution >= 0.6 is 11.3 Å². The van der Waals surface area contributed by atoms with E-state index in [0.29, 0.717) is 16.1 Å². The minimum atomic E-state index is -2.72. The van der Waals surface area contributed by atoms with Crippen molar-refractivity contribution in [3.05, 3.63) is 70.9 Å². The molecule has 0 saturated heterocycles. The normalized spacial score (nSPS) is 12.0. The van der Waals surface area contributed by atoms with Gasteiger partial charge in [-0.05, 0) is 48.4 Å². The summed E-state index contributed by atoms with van der Waals surface area (Å²) in [6, 6.07) is 13.8. The van der Waals surface area contributed by atoms with E-state index in [0.717, 1.165) is 21.2 Å². The van der Waals surface area contributed by atoms with Crippen LogP contribution in [-0.2, 0) is 11.3 Å². The van der Waals surface area contributed by atoms with E-state index in [1.165, 1.54) is 30.3 Å². The van der Waals surface area contributed by atoms with Crippen LogP contribution in [0.3, 0.4) is 0 Å². The molecule has 3 rings (SSSR count). The van der Waals surface area contributed by atoms with Crippen molar-refractivity contribution in [2.75, 3.05) is 4.31 Å². The summed E-state index contributed by atoms with van der Waals surface area (Å²) in [5.74, 6) is -1.65. The van der Waals surface area contributed by atoms with Gasteiger partial charge in [-0.25, -0.2) is 9.18 Å². The van der Waals surface area contributed by atoms with Crippen molar-refractivity contribution in [1.82, 2.24) is 0 Å². The van der Waals surface area contributed by atoms with Crippen molar-refractivity contribution in [2.24, 2.45) is 0 Å². The molecule has 0 radical (unpaired) electrons. The largest absolute Gasteiger partial charge is 0.755 e. The zero-order valence-electron chi connectivity index (χ0n) is 13.5. The van der Waals surface area contributed by atoms with Crippen LogP contribution in [0.4, 0.5) is 15.8 Å². The quantitative estimate of drug-likeness (QED) is 0.651. The van der Waals surface area contributed by atoms with Crippen molar-refractivity contribution >= 4 is 39.9 Å². The van der Waals surface area contributed by atoms with Gasteiger partial charge in [-0.3, -0.25) is 8.51 Å². The van der Waals surface area contributed by atoms with E-state index >= 15 is 0 Å². The van der Waals surface area contributed by atoms with E-state index < -0.39 is 23.1 Å². The van der Waals surface area contributed by atoms with E-state index in [1.807, 2.05) is 13.0 Å². The molecule has 26 heavy (non-hydrogen) atoms. The van der Waals surface area contributed by atoms with E-state index in [1.54, 1.807) is 18.2 Å². The van der Waals surface area contributed by atoms with E-state index in [4.69, 9.17) is 0 Å². The average molecular weight is 390 g/mol. The van der Waals surface area contributed by atoms with Crippen molar-refractivity contribution < 1.29 is 23.1 Å². The molecule has 8 heteroatoms. The number of halogens is 1. The maximum atomic E-state index is 13.1. The molecule has 2 aromatic carbocycles. The maximum absolute atomic E-state index is 13.1. The molecule has 0 spiro atoms. The van der Waals surface area contributed by atoms with Crippen LogP contribution < -0.4 is 4.31 Å². The van der Waals surface area contributed by atoms with Gasteiger partial charge in [0.25, 0.3) is 0 Å². The lowest BCUT2D eigenvalue weighted by Gasteiger charge is -2.26. The van der Waals surface area contributed by atoms with Gasteiger partial charge in [-0.15, -0.1) is 11.3 Å². The number of hydrogen-bond acceptors (Lipinski definition) is 4. The summed E-state index contributed by atoms with van der Waals surface area (Å²) in [7, 11) is 0. The number of anilines is 2. The van der Waals surface area contributed by atoms with Gasteiger partial charge in [0.05, 0.1) is 22.6 Å². The molecule has 1 N–H and O–H groups in total. The minimum Gasteiger partial charge on any atom is -0.755 e. The summed E-state index contributed by atoms with van der Waals surface area (Å²) in [5, 5.41) is 9.52. The van der Waals surface area contributed by atoms with E-state index in [9.17, 15) is 23.1 Å². The molecule has 0 bridgehead atoms. The minimum absolute atomic E-state index is 0.0424. The fourth-order valence-corrected chi connectivity index (χ4v) is 4.14. The molecule has 0 amide bonds. The number of carbonyl (C=O) groups is 1. The molecule has 0 fully saturated rings. The first-order valence-corrected chi connectivity index (χ1v) is 9.31. The lowest BCUT2D eigenvalue weighted by atomic mass is 10.1. The molecule has 1 atom stereocenters. The molecule has 0 saturated carbocycles. The van der Waals surface area contributed by atoms with Crippen LogP contribution in [0, 0.1) is 12.7 Å². The van der Waals surface area contributed by atoms with Gasteiger partial charge >= 0.3 is 5.97 Å². The van der Waals surface area contributed by atoms with Crippen LogP contribution in [0.1, 0.15) is 15.2 Å². The third-order valence-electron chi connectivity index (χ3n) is 3.64. The Morgan fingerprint density at radius 3 is 2.46 bits per heavy atom. The van der Waals surface area contributed by atoms with Crippen LogP contribution in [0.5, 0.6) is 0 Å². The van der Waals surface area contributed by atoms with Crippen molar-refractivity contribution in [3.63, 3.8) is 0 Å². The van der Waals surface area contributed by atoms with Crippen molar-refractivity contribution in [2.45, 2.75) is 6.92 Å². The van der Waals surface area contributed by atoms with E-state index in [-0.39, 0.29) is 10.6 Å². The summed E-state index contributed by atoms with van der Waals surface area (Å²) in [6.07, 6.45) is 0. The molecular weight excluding hydrogens is 377 g/mol. The van der Waals surface area contributed by atoms with Crippen LogP contribution in [-0.4, -0.2) is 19.8 Å². The second kappa shape index (κ2) is 7.36. The molecule has 3 aromatic rings. The van der Waals surface area contributed by atoms with Gasteiger partial charge in [-0.2, -0.15) is 0 Å². The van der Waals surface area contributed by atoms with Gasteiger partial charge in [0.2, 0.25) is 0 Å². The van der Waals surface area contributed by atoms with Gasteiger partial charge in [0, 0.05) is 4.88 Å². The van der Waals surface area contributed by atoms with Crippen molar-refractivity contribution in [1.29, 1.82) is 0 Å². The number of thiophene rings is 1. The number of nitrogens with zero attached hydrogens (tertiary/aromatic N) is 1. The highest BCUT2D eigenvalue weighted by Crippen LogP contribution is 2.40. The lowest BCUT2D eigenvalue weighted by molar-refractivity contribution is 0.0703. The highest BCUT2D eigenvalue weighted by Gasteiger charge is 2.23. The fourth-order valence-electron chi connectivity index (χ4n) is 2.50. The highest BCUT2D eigenvalue weighted by molar-refractivity contribution is 7.81. The van der Waals surface area contributed by atoms with Crippen LogP contribution in [0.2, 0.25) is 0 Å². The first kappa shape index (κ1) is 18.2. The molecule has 0 aliphatic carbocycles. The first-order valence-electron chi connectivity index (χ1n) is 7.46. The number of hydrogen-bond donors (Lipinski definition) is 1. The second-order valence-electron chi connectivity index (χ2n) is 5.49. The Hall–Kier alpha value is -2.55. The Bertz CT molecular complexity index is 985. The standard InChI is InChI=1S/C18H14FNO4S2/c1-11-3-2-4-14(9-11)20(26(23)24)15-10-16(25-17(15)18(21)22)12-5-7-13(19)8-6-12/h2-10H,1H3,(H,21,22)(H,23,24)/p-1. The van der Waals surface area contributed by atoms with E-state index in [2.05, 4.69) is 0 Å². The van der Waals surface area contributed by atoms with Crippen LogP contribution in [0.25, 0.3) is 10.4 Å². The topological polar surface area (TPSA) is 80.7 Å². The smallest absolute Gasteiger partial charge is 0.348 e. The Morgan fingerprint density at radius 2 is 1.88 bits per heavy atom. The Morgan fingerprint density at radius 1 is 1.19 bits per heavy atom. The molecular formula is C18H13FNO4S2-. The Labute approximate surface area is 155 Å². The monoisotopic (exact) mass is 390 g/mol. The van der Waals surface area contributed by atoms with Crippen molar-refractivity contribution in [3.8, 4) is 10.4 Å². The van der Waals surface area contributed by atoms with Gasteiger partial charge in [0.1, 0.15) is 10.7 Å². The molecule has 1 unspecified atom stereocenters. The average Bonchev–Trinajstić information content (AvgIpc) is 3.00. The Balaban J connectivity index is 2.16. The number of aryl methyl sites for hydroxylation is 1. The lowest BCUT2D eigenvalue weighted by Crippen LogP contribution is -2.20. The maximum Gasteiger partial charge on any atom is 0.348 e. The summed E-state index contributed by atoms with van der Waals surface area (Å²) >= 11 is -1.79. The van der Waals surface area contributed by atoms with Gasteiger partial charge in [-0.1, -0.05) is 24.3 Å². The number of carboxylic acid groups (broad SMARTS) is 1. The van der Waals surface area contributed by atoms with Gasteiger partial charge in [0.15, 0.2) is 0 Å². The summed E-state index contributed by atoms with van der Waals surface area (Å²) in [6.45, 7) is 1.81. The Kier molecular flexibility index (Phi) is 5.17. The summed E-state index contributed by atoms with van der Waals surface area (Å²) in [5.41, 5.74) is 1.82. The second-order valence-corrected chi connectivity index (χ2v) is 7.34. The number of carboxylic acids is 1. The molecule has 0 aliphatic rings. The predicted octanol–water partition coefficient (Wildman–Crippen LogP) is 4.49. The zero-order chi connectivity index (χ0) is 18.8. The number of aromatic carboxylic acids is 1. The molecule has 0 aliphatic heterocycles. The SMILES string of the molecule is Cc1cccc(N(c2cc(-c3ccc(F)cc3)sc2C(=O)O)S(=O)[O-])c1. The first-order chi connectivity index (χ1) is 12.4. The zero-order valence-corrected chi connectivity index (χ0v) is 15.1. The fraction of sp³-hybridized carbons (Fsp3) is 0.0556. The summed E-state index contributed by atoms with van der Waals surface area (Å²) in [4.78, 5) is 12.1. The third kappa shape index (κ3) is 3.67.